The second-order valence-corrected chi connectivity index (χ2v) is 4.77. The highest BCUT2D eigenvalue weighted by molar-refractivity contribution is 6.38. The number of nitrogens with zero attached hydrogens (tertiary/aromatic N) is 3. The maximum atomic E-state index is 11.0. The molecule has 21 heavy (non-hydrogen) atoms. The molecule has 0 aliphatic carbocycles. The van der Waals surface area contributed by atoms with Crippen LogP contribution in [-0.2, 0) is 14.3 Å². The van der Waals surface area contributed by atoms with Crippen molar-refractivity contribution in [2.24, 2.45) is 0 Å². The van der Waals surface area contributed by atoms with Crippen LogP contribution >= 0.6 is 0 Å². The topological polar surface area (TPSA) is 92.6 Å². The summed E-state index contributed by atoms with van der Waals surface area (Å²) in [6.45, 7) is 1.49. The first-order valence-electron chi connectivity index (χ1n) is 6.66. The van der Waals surface area contributed by atoms with E-state index in [1.807, 2.05) is 11.9 Å². The van der Waals surface area contributed by atoms with E-state index < -0.39 is 11.8 Å². The van der Waals surface area contributed by atoms with Crippen LogP contribution in [0.3, 0.4) is 0 Å². The molecule has 112 valence electrons. The number of carbonyl (C=O) groups excluding carboxylic acids is 1. The molecule has 0 aromatic carbocycles. The zero-order valence-corrected chi connectivity index (χ0v) is 11.7. The summed E-state index contributed by atoms with van der Waals surface area (Å²) in [6, 6.07) is 0.355. The van der Waals surface area contributed by atoms with Gasteiger partial charge in [0.05, 0.1) is 0 Å². The summed E-state index contributed by atoms with van der Waals surface area (Å²) in [6.07, 6.45) is 7.37. The lowest BCUT2D eigenvalue weighted by atomic mass is 10.1. The third kappa shape index (κ3) is 4.09. The predicted octanol–water partition coefficient (Wildman–Crippen LogP) is 0.759. The Morgan fingerprint density at radius 2 is 1.95 bits per heavy atom. The summed E-state index contributed by atoms with van der Waals surface area (Å²) in [5, 5.41) is 8.47. The monoisotopic (exact) mass is 291 g/mol. The van der Waals surface area contributed by atoms with Gasteiger partial charge in [-0.2, -0.15) is 0 Å². The summed E-state index contributed by atoms with van der Waals surface area (Å²) >= 11 is 0. The van der Waals surface area contributed by atoms with Gasteiger partial charge < -0.3 is 14.7 Å². The fourth-order valence-electron chi connectivity index (χ4n) is 2.08. The molecule has 0 radical (unpaired) electrons. The zero-order chi connectivity index (χ0) is 15.2. The van der Waals surface area contributed by atoms with Crippen LogP contribution in [0.4, 0.5) is 5.95 Å². The molecular formula is C14H17N3O4. The van der Waals surface area contributed by atoms with Crippen LogP contribution in [-0.4, -0.2) is 53.1 Å². The number of aromatic nitrogens is 2. The summed E-state index contributed by atoms with van der Waals surface area (Å²) in [5.74, 6) is -1.86. The third-order valence-electron chi connectivity index (χ3n) is 3.35. The van der Waals surface area contributed by atoms with Crippen molar-refractivity contribution >= 4 is 23.8 Å². The number of carboxylic acid groups (broad SMARTS) is 1. The number of hydrogen-bond acceptors (Lipinski definition) is 6. The first-order valence-corrected chi connectivity index (χ1v) is 6.66. The molecule has 2 rings (SSSR count). The highest BCUT2D eigenvalue weighted by Crippen LogP contribution is 2.17. The molecule has 1 fully saturated rings. The van der Waals surface area contributed by atoms with E-state index in [2.05, 4.69) is 9.97 Å². The van der Waals surface area contributed by atoms with Crippen molar-refractivity contribution in [2.45, 2.75) is 18.9 Å². The van der Waals surface area contributed by atoms with Gasteiger partial charge in [0.15, 0.2) is 0 Å². The molecular weight excluding hydrogens is 274 g/mol. The molecule has 0 atom stereocenters. The molecule has 2 heterocycles. The lowest BCUT2D eigenvalue weighted by molar-refractivity contribution is -0.146. The first kappa shape index (κ1) is 15.1. The van der Waals surface area contributed by atoms with Gasteiger partial charge in [0.1, 0.15) is 0 Å². The molecule has 1 saturated heterocycles. The van der Waals surface area contributed by atoms with Crippen LogP contribution < -0.4 is 4.90 Å². The third-order valence-corrected chi connectivity index (χ3v) is 3.35. The van der Waals surface area contributed by atoms with E-state index in [1.54, 1.807) is 12.4 Å². The second kappa shape index (κ2) is 6.94. The van der Waals surface area contributed by atoms with Crippen molar-refractivity contribution in [1.29, 1.82) is 0 Å². The Balaban J connectivity index is 2.01. The average Bonchev–Trinajstić information content (AvgIpc) is 2.53. The Morgan fingerprint density at radius 3 is 2.52 bits per heavy atom. The van der Waals surface area contributed by atoms with E-state index in [0.29, 0.717) is 17.6 Å². The fraction of sp³-hybridized carbons (Fsp3) is 0.429. The molecule has 1 aromatic heterocycles. The normalized spacial score (nSPS) is 16.0. The zero-order valence-electron chi connectivity index (χ0n) is 11.7. The van der Waals surface area contributed by atoms with E-state index in [-0.39, 0.29) is 0 Å². The van der Waals surface area contributed by atoms with E-state index in [4.69, 9.17) is 9.84 Å². The van der Waals surface area contributed by atoms with Crippen molar-refractivity contribution in [3.05, 3.63) is 24.0 Å². The standard InChI is InChI=1S/C14H17N3O4/c1-17(11-4-6-21-7-5-11)14-15-8-10(9-16-14)2-3-12(18)13(19)20/h2-3,8-9,11H,4-7H2,1H3,(H,19,20)/b3-2+. The lowest BCUT2D eigenvalue weighted by Gasteiger charge is -2.31. The van der Waals surface area contributed by atoms with Crippen molar-refractivity contribution < 1.29 is 19.4 Å². The Bertz CT molecular complexity index is 536. The van der Waals surface area contributed by atoms with Crippen LogP contribution in [0.15, 0.2) is 18.5 Å². The summed E-state index contributed by atoms with van der Waals surface area (Å²) in [4.78, 5) is 31.8. The van der Waals surface area contributed by atoms with Crippen LogP contribution in [0, 0.1) is 0 Å². The highest BCUT2D eigenvalue weighted by Gasteiger charge is 2.20. The minimum absolute atomic E-state index is 0.355. The molecule has 0 bridgehead atoms. The fourth-order valence-corrected chi connectivity index (χ4v) is 2.08. The highest BCUT2D eigenvalue weighted by atomic mass is 16.5. The number of carbonyl (C=O) groups is 2. The van der Waals surface area contributed by atoms with Crippen molar-refractivity contribution in [1.82, 2.24) is 9.97 Å². The number of anilines is 1. The molecule has 1 aliphatic heterocycles. The minimum Gasteiger partial charge on any atom is -0.475 e. The number of aliphatic carboxylic acids is 1. The van der Waals surface area contributed by atoms with Gasteiger partial charge in [-0.1, -0.05) is 0 Å². The second-order valence-electron chi connectivity index (χ2n) is 4.77. The molecule has 1 aliphatic rings. The maximum absolute atomic E-state index is 11.0. The smallest absolute Gasteiger partial charge is 0.376 e. The maximum Gasteiger partial charge on any atom is 0.376 e. The number of ketones is 1. The van der Waals surface area contributed by atoms with Crippen molar-refractivity contribution in [3.8, 4) is 0 Å². The predicted molar refractivity (Wildman–Crippen MR) is 76.0 cm³/mol. The van der Waals surface area contributed by atoms with E-state index in [1.165, 1.54) is 6.08 Å². The SMILES string of the molecule is CN(c1ncc(/C=C/C(=O)C(=O)O)cn1)C1CCOCC1. The minimum atomic E-state index is -1.48. The van der Waals surface area contributed by atoms with Gasteiger partial charge in [-0.25, -0.2) is 14.8 Å². The van der Waals surface area contributed by atoms with Crippen LogP contribution in [0.1, 0.15) is 18.4 Å². The first-order chi connectivity index (χ1) is 10.1. The van der Waals surface area contributed by atoms with Gasteiger partial charge in [-0.05, 0) is 25.0 Å². The average molecular weight is 291 g/mol. The molecule has 0 unspecified atom stereocenters. The van der Waals surface area contributed by atoms with Crippen LogP contribution in [0.25, 0.3) is 6.08 Å². The van der Waals surface area contributed by atoms with E-state index in [0.717, 1.165) is 32.1 Å². The Labute approximate surface area is 122 Å². The molecule has 0 saturated carbocycles. The largest absolute Gasteiger partial charge is 0.475 e. The van der Waals surface area contributed by atoms with Gasteiger partial charge in [0.25, 0.3) is 5.78 Å². The number of carboxylic acids is 1. The van der Waals surface area contributed by atoms with E-state index >= 15 is 0 Å². The number of hydrogen-bond donors (Lipinski definition) is 1. The Hall–Kier alpha value is -2.28. The Kier molecular flexibility index (Phi) is 4.99. The molecule has 7 nitrogen and oxygen atoms in total. The van der Waals surface area contributed by atoms with Gasteiger partial charge in [-0.3, -0.25) is 4.79 Å². The molecule has 1 aromatic rings. The summed E-state index contributed by atoms with van der Waals surface area (Å²) in [7, 11) is 1.94. The van der Waals surface area contributed by atoms with E-state index in [9.17, 15) is 9.59 Å². The molecule has 0 spiro atoms. The summed E-state index contributed by atoms with van der Waals surface area (Å²) < 4.78 is 5.32. The Morgan fingerprint density at radius 1 is 1.33 bits per heavy atom. The van der Waals surface area contributed by atoms with Crippen LogP contribution in [0.2, 0.25) is 0 Å². The van der Waals surface area contributed by atoms with Gasteiger partial charge in [0, 0.05) is 44.3 Å². The van der Waals surface area contributed by atoms with Crippen LogP contribution in [0.5, 0.6) is 0 Å². The van der Waals surface area contributed by atoms with Crippen molar-refractivity contribution in [2.75, 3.05) is 25.2 Å². The molecule has 0 amide bonds. The molecule has 7 heteroatoms. The number of ether oxygens (including phenoxy) is 1. The van der Waals surface area contributed by atoms with Gasteiger partial charge >= 0.3 is 5.97 Å². The quantitative estimate of drug-likeness (QED) is 0.632. The van der Waals surface area contributed by atoms with Gasteiger partial charge in [0.2, 0.25) is 5.95 Å². The number of rotatable bonds is 5. The lowest BCUT2D eigenvalue weighted by Crippen LogP contribution is -2.37. The van der Waals surface area contributed by atoms with Gasteiger partial charge in [-0.15, -0.1) is 0 Å². The van der Waals surface area contributed by atoms with Crippen molar-refractivity contribution in [3.63, 3.8) is 0 Å². The molecule has 1 N–H and O–H groups in total. The summed E-state index contributed by atoms with van der Waals surface area (Å²) in [5.41, 5.74) is 0.578.